The molecule has 1 saturated heterocycles. The zero-order valence-electron chi connectivity index (χ0n) is 13.7. The summed E-state index contributed by atoms with van der Waals surface area (Å²) in [4.78, 5) is 5.26. The Bertz CT molecular complexity index is 597. The Morgan fingerprint density at radius 1 is 1.05 bits per heavy atom. The normalized spacial score (nSPS) is 31.1. The van der Waals surface area contributed by atoms with Crippen LogP contribution in [-0.4, -0.2) is 23.1 Å². The van der Waals surface area contributed by atoms with Crippen LogP contribution in [0.1, 0.15) is 38.2 Å². The summed E-state index contributed by atoms with van der Waals surface area (Å²) in [5.41, 5.74) is 2.77. The summed E-state index contributed by atoms with van der Waals surface area (Å²) in [7, 11) is 0. The lowest BCUT2D eigenvalue weighted by molar-refractivity contribution is 0.221. The molecule has 0 aromatic heterocycles. The van der Waals surface area contributed by atoms with Crippen molar-refractivity contribution < 1.29 is 0 Å². The molecular formula is C20H26N2. The maximum absolute atomic E-state index is 2.64. The van der Waals surface area contributed by atoms with Gasteiger partial charge in [-0.2, -0.15) is 0 Å². The highest BCUT2D eigenvalue weighted by atomic mass is 15.4. The Kier molecular flexibility index (Phi) is 3.48. The zero-order valence-corrected chi connectivity index (χ0v) is 13.7. The number of aryl methyl sites for hydroxylation is 1. The average molecular weight is 294 g/mol. The van der Waals surface area contributed by atoms with Crippen LogP contribution in [0.4, 0.5) is 5.69 Å². The fourth-order valence-electron chi connectivity index (χ4n) is 4.82. The molecule has 2 unspecified atom stereocenters. The van der Waals surface area contributed by atoms with E-state index in [2.05, 4.69) is 72.3 Å². The van der Waals surface area contributed by atoms with Crippen molar-refractivity contribution in [1.82, 2.24) is 4.90 Å². The molecule has 0 amide bonds. The van der Waals surface area contributed by atoms with Gasteiger partial charge in [0.25, 0.3) is 0 Å². The zero-order chi connectivity index (χ0) is 15.1. The molecule has 2 heterocycles. The summed E-state index contributed by atoms with van der Waals surface area (Å²) in [5, 5.41) is 0. The van der Waals surface area contributed by atoms with E-state index in [4.69, 9.17) is 0 Å². The topological polar surface area (TPSA) is 6.48 Å². The molecule has 2 nitrogen and oxygen atoms in total. The molecule has 0 radical (unpaired) electrons. The molecule has 1 saturated carbocycles. The number of anilines is 1. The molecular weight excluding hydrogens is 268 g/mol. The second kappa shape index (κ2) is 5.49. The summed E-state index contributed by atoms with van der Waals surface area (Å²) in [6.07, 6.45) is 15.1. The molecule has 3 atom stereocenters. The molecule has 1 aromatic rings. The van der Waals surface area contributed by atoms with Crippen molar-refractivity contribution in [3.05, 3.63) is 54.3 Å². The van der Waals surface area contributed by atoms with Gasteiger partial charge in [0.1, 0.15) is 6.17 Å². The van der Waals surface area contributed by atoms with E-state index in [0.29, 0.717) is 18.2 Å². The predicted molar refractivity (Wildman–Crippen MR) is 92.8 cm³/mol. The van der Waals surface area contributed by atoms with Crippen LogP contribution >= 0.6 is 0 Å². The van der Waals surface area contributed by atoms with Gasteiger partial charge in [0.05, 0.1) is 6.04 Å². The predicted octanol–water partition coefficient (Wildman–Crippen LogP) is 4.47. The van der Waals surface area contributed by atoms with E-state index in [1.165, 1.54) is 36.9 Å². The minimum Gasteiger partial charge on any atom is -0.349 e. The maximum Gasteiger partial charge on any atom is 0.121 e. The largest absolute Gasteiger partial charge is 0.349 e. The molecule has 116 valence electrons. The second-order valence-electron chi connectivity index (χ2n) is 7.06. The first kappa shape index (κ1) is 13.9. The number of allylic oxidation sites excluding steroid dienone is 2. The standard InChI is InChI=1S/C20H26N2/c1-15-9-3-6-12-18(15)22-16(2)20(17-10-4-5-11-17)21-14-8-7-13-19(21)22/h3,6-9,12-14,16-17,19-20H,4-5,10-11H2,1-2H3/t16-,19?,20?/m0/s1. The Labute approximate surface area is 134 Å². The molecule has 2 fully saturated rings. The van der Waals surface area contributed by atoms with Crippen molar-refractivity contribution >= 4 is 5.69 Å². The van der Waals surface area contributed by atoms with E-state index in [0.717, 1.165) is 5.92 Å². The Hall–Kier alpha value is -1.70. The molecule has 0 spiro atoms. The minimum absolute atomic E-state index is 0.381. The summed E-state index contributed by atoms with van der Waals surface area (Å²) in [5.74, 6) is 0.850. The number of hydrogen-bond donors (Lipinski definition) is 0. The monoisotopic (exact) mass is 294 g/mol. The first-order valence-corrected chi connectivity index (χ1v) is 8.74. The van der Waals surface area contributed by atoms with Gasteiger partial charge in [0.15, 0.2) is 0 Å². The fraction of sp³-hybridized carbons (Fsp3) is 0.500. The quantitative estimate of drug-likeness (QED) is 0.794. The third-order valence-electron chi connectivity index (χ3n) is 5.80. The van der Waals surface area contributed by atoms with Crippen LogP contribution in [0.25, 0.3) is 0 Å². The summed E-state index contributed by atoms with van der Waals surface area (Å²) >= 11 is 0. The van der Waals surface area contributed by atoms with E-state index in [9.17, 15) is 0 Å². The molecule has 1 aliphatic carbocycles. The van der Waals surface area contributed by atoms with E-state index in [1.807, 2.05) is 0 Å². The van der Waals surface area contributed by atoms with Crippen molar-refractivity contribution in [2.24, 2.45) is 5.92 Å². The van der Waals surface area contributed by atoms with Crippen LogP contribution in [0, 0.1) is 12.8 Å². The first-order valence-electron chi connectivity index (χ1n) is 8.74. The highest BCUT2D eigenvalue weighted by molar-refractivity contribution is 5.57. The number of nitrogens with zero attached hydrogens (tertiary/aromatic N) is 2. The van der Waals surface area contributed by atoms with E-state index >= 15 is 0 Å². The summed E-state index contributed by atoms with van der Waals surface area (Å²) < 4.78 is 0. The van der Waals surface area contributed by atoms with Gasteiger partial charge >= 0.3 is 0 Å². The second-order valence-corrected chi connectivity index (χ2v) is 7.06. The SMILES string of the molecule is Cc1ccccc1N1C2C=CC=CN2C(C2CCCC2)[C@@H]1C. The van der Waals surface area contributed by atoms with Gasteiger partial charge in [0.2, 0.25) is 0 Å². The molecule has 1 aromatic carbocycles. The van der Waals surface area contributed by atoms with Crippen LogP contribution in [0.5, 0.6) is 0 Å². The third kappa shape index (κ3) is 2.08. The van der Waals surface area contributed by atoms with Crippen LogP contribution in [0.15, 0.2) is 48.7 Å². The minimum atomic E-state index is 0.381. The van der Waals surface area contributed by atoms with Crippen LogP contribution < -0.4 is 4.90 Å². The number of rotatable bonds is 2. The lowest BCUT2D eigenvalue weighted by Gasteiger charge is -2.33. The number of benzene rings is 1. The summed E-state index contributed by atoms with van der Waals surface area (Å²) in [6, 6.07) is 10.0. The Morgan fingerprint density at radius 3 is 2.59 bits per heavy atom. The highest BCUT2D eigenvalue weighted by Crippen LogP contribution is 2.42. The van der Waals surface area contributed by atoms with Crippen LogP contribution in [0.2, 0.25) is 0 Å². The van der Waals surface area contributed by atoms with Gasteiger partial charge < -0.3 is 9.80 Å². The van der Waals surface area contributed by atoms with Crippen molar-refractivity contribution in [3.8, 4) is 0 Å². The van der Waals surface area contributed by atoms with Crippen molar-refractivity contribution in [1.29, 1.82) is 0 Å². The first-order chi connectivity index (χ1) is 10.8. The number of para-hydroxylation sites is 1. The van der Waals surface area contributed by atoms with Gasteiger partial charge in [-0.05, 0) is 56.4 Å². The van der Waals surface area contributed by atoms with Gasteiger partial charge in [-0.3, -0.25) is 0 Å². The van der Waals surface area contributed by atoms with Crippen LogP contribution in [0.3, 0.4) is 0 Å². The highest BCUT2D eigenvalue weighted by Gasteiger charge is 2.46. The van der Waals surface area contributed by atoms with Gasteiger partial charge in [-0.1, -0.05) is 37.1 Å². The molecule has 0 bridgehead atoms. The van der Waals surface area contributed by atoms with Crippen molar-refractivity contribution in [2.45, 2.75) is 57.8 Å². The van der Waals surface area contributed by atoms with E-state index in [-0.39, 0.29) is 0 Å². The molecule has 2 heteroatoms. The Balaban J connectivity index is 1.74. The third-order valence-corrected chi connectivity index (χ3v) is 5.80. The van der Waals surface area contributed by atoms with Crippen molar-refractivity contribution in [3.63, 3.8) is 0 Å². The maximum atomic E-state index is 2.64. The van der Waals surface area contributed by atoms with Crippen LogP contribution in [-0.2, 0) is 0 Å². The molecule has 3 aliphatic rings. The Morgan fingerprint density at radius 2 is 1.82 bits per heavy atom. The van der Waals surface area contributed by atoms with E-state index in [1.54, 1.807) is 0 Å². The molecule has 22 heavy (non-hydrogen) atoms. The van der Waals surface area contributed by atoms with E-state index < -0.39 is 0 Å². The smallest absolute Gasteiger partial charge is 0.121 e. The number of fused-ring (bicyclic) bond motifs is 1. The lowest BCUT2D eigenvalue weighted by atomic mass is 9.92. The van der Waals surface area contributed by atoms with Crippen molar-refractivity contribution in [2.75, 3.05) is 4.90 Å². The summed E-state index contributed by atoms with van der Waals surface area (Å²) in [6.45, 7) is 4.66. The average Bonchev–Trinajstić information content (AvgIpc) is 3.13. The fourth-order valence-corrected chi connectivity index (χ4v) is 4.82. The van der Waals surface area contributed by atoms with Gasteiger partial charge in [-0.15, -0.1) is 0 Å². The molecule has 2 aliphatic heterocycles. The number of hydrogen-bond acceptors (Lipinski definition) is 2. The lowest BCUT2D eigenvalue weighted by Crippen LogP contribution is -2.39. The molecule has 4 rings (SSSR count). The molecule has 0 N–H and O–H groups in total. The van der Waals surface area contributed by atoms with Gasteiger partial charge in [0, 0.05) is 17.9 Å². The van der Waals surface area contributed by atoms with Gasteiger partial charge in [-0.25, -0.2) is 0 Å².